The molecule has 1 heterocycles. The molecule has 1 aliphatic heterocycles. The van der Waals surface area contributed by atoms with Gasteiger partial charge >= 0.3 is 0 Å². The van der Waals surface area contributed by atoms with Gasteiger partial charge in [0, 0.05) is 13.0 Å². The molecule has 0 spiro atoms. The first-order valence-electron chi connectivity index (χ1n) is 5.89. The van der Waals surface area contributed by atoms with Crippen molar-refractivity contribution >= 4 is 11.8 Å². The molecule has 0 aromatic heterocycles. The third-order valence-electron chi connectivity index (χ3n) is 2.79. The summed E-state index contributed by atoms with van der Waals surface area (Å²) in [6.07, 6.45) is 0.343. The molecule has 0 aliphatic carbocycles. The quantitative estimate of drug-likeness (QED) is 0.809. The number of aryl methyl sites for hydroxylation is 1. The van der Waals surface area contributed by atoms with Gasteiger partial charge in [0.05, 0.1) is 6.04 Å². The van der Waals surface area contributed by atoms with E-state index < -0.39 is 0 Å². The number of carbonyl (C=O) groups excluding carboxylic acids is 2. The molecule has 1 aromatic carbocycles. The number of amides is 2. The van der Waals surface area contributed by atoms with Crippen LogP contribution in [0, 0.1) is 6.92 Å². The molecule has 96 valence electrons. The summed E-state index contributed by atoms with van der Waals surface area (Å²) in [5, 5.41) is 5.42. The number of hydrogen-bond acceptors (Lipinski definition) is 3. The van der Waals surface area contributed by atoms with Gasteiger partial charge in [-0.3, -0.25) is 9.59 Å². The van der Waals surface area contributed by atoms with Crippen LogP contribution in [0.2, 0.25) is 0 Å². The number of carbonyl (C=O) groups is 2. The number of benzene rings is 1. The maximum atomic E-state index is 11.6. The van der Waals surface area contributed by atoms with E-state index in [4.69, 9.17) is 4.74 Å². The summed E-state index contributed by atoms with van der Waals surface area (Å²) in [7, 11) is 0. The van der Waals surface area contributed by atoms with Gasteiger partial charge in [0.2, 0.25) is 5.91 Å². The van der Waals surface area contributed by atoms with Gasteiger partial charge in [0.1, 0.15) is 5.75 Å². The highest BCUT2D eigenvalue weighted by molar-refractivity contribution is 5.82. The Morgan fingerprint density at radius 1 is 1.50 bits per heavy atom. The van der Waals surface area contributed by atoms with Gasteiger partial charge in [-0.2, -0.15) is 0 Å². The number of rotatable bonds is 4. The summed E-state index contributed by atoms with van der Waals surface area (Å²) < 4.78 is 5.42. The maximum absolute atomic E-state index is 11.6. The molecule has 0 bridgehead atoms. The molecule has 0 saturated carbocycles. The molecule has 5 nitrogen and oxygen atoms in total. The maximum Gasteiger partial charge on any atom is 0.258 e. The van der Waals surface area contributed by atoms with E-state index >= 15 is 0 Å². The van der Waals surface area contributed by atoms with E-state index in [-0.39, 0.29) is 24.5 Å². The number of nitrogens with one attached hydrogen (secondary N) is 2. The van der Waals surface area contributed by atoms with Crippen molar-refractivity contribution in [3.8, 4) is 5.75 Å². The van der Waals surface area contributed by atoms with Crippen LogP contribution in [0.1, 0.15) is 12.0 Å². The van der Waals surface area contributed by atoms with Crippen LogP contribution in [0.25, 0.3) is 0 Å². The van der Waals surface area contributed by atoms with E-state index in [0.29, 0.717) is 18.7 Å². The highest BCUT2D eigenvalue weighted by atomic mass is 16.5. The zero-order valence-corrected chi connectivity index (χ0v) is 10.2. The Labute approximate surface area is 106 Å². The second-order valence-corrected chi connectivity index (χ2v) is 4.33. The average molecular weight is 248 g/mol. The summed E-state index contributed by atoms with van der Waals surface area (Å²) in [4.78, 5) is 22.6. The molecule has 18 heavy (non-hydrogen) atoms. The Bertz CT molecular complexity index is 459. The van der Waals surface area contributed by atoms with Crippen LogP contribution in [-0.2, 0) is 9.59 Å². The normalized spacial score (nSPS) is 18.3. The standard InChI is InChI=1S/C13H16N2O3/c1-9-4-2-3-5-11(9)18-8-13(17)15-10-6-12(16)14-7-10/h2-5,10H,6-8H2,1H3,(H,14,16)(H,15,17)/t10-/m1/s1. The molecule has 2 amide bonds. The fourth-order valence-corrected chi connectivity index (χ4v) is 1.84. The van der Waals surface area contributed by atoms with Crippen LogP contribution in [0.3, 0.4) is 0 Å². The van der Waals surface area contributed by atoms with Crippen LogP contribution in [0.5, 0.6) is 5.75 Å². The van der Waals surface area contributed by atoms with E-state index in [2.05, 4.69) is 10.6 Å². The van der Waals surface area contributed by atoms with Gasteiger partial charge in [0.15, 0.2) is 6.61 Å². The van der Waals surface area contributed by atoms with E-state index in [1.807, 2.05) is 31.2 Å². The van der Waals surface area contributed by atoms with Gasteiger partial charge in [-0.25, -0.2) is 0 Å². The Hall–Kier alpha value is -2.04. The lowest BCUT2D eigenvalue weighted by atomic mass is 10.2. The number of ether oxygens (including phenoxy) is 1. The Morgan fingerprint density at radius 2 is 2.28 bits per heavy atom. The minimum Gasteiger partial charge on any atom is -0.484 e. The number of hydrogen-bond donors (Lipinski definition) is 2. The summed E-state index contributed by atoms with van der Waals surface area (Å²) in [5.41, 5.74) is 0.989. The second kappa shape index (κ2) is 5.53. The predicted molar refractivity (Wildman–Crippen MR) is 66.2 cm³/mol. The van der Waals surface area contributed by atoms with Crippen LogP contribution < -0.4 is 15.4 Å². The molecule has 1 saturated heterocycles. The lowest BCUT2D eigenvalue weighted by molar-refractivity contribution is -0.123. The molecule has 1 aliphatic rings. The SMILES string of the molecule is Cc1ccccc1OCC(=O)N[C@H]1CNC(=O)C1. The molecule has 0 unspecified atom stereocenters. The van der Waals surface area contributed by atoms with Crippen molar-refractivity contribution in [3.63, 3.8) is 0 Å². The summed E-state index contributed by atoms with van der Waals surface area (Å²) >= 11 is 0. The highest BCUT2D eigenvalue weighted by Crippen LogP contribution is 2.15. The Kier molecular flexibility index (Phi) is 3.82. The van der Waals surface area contributed by atoms with Gasteiger partial charge in [-0.15, -0.1) is 0 Å². The van der Waals surface area contributed by atoms with E-state index in [0.717, 1.165) is 5.56 Å². The van der Waals surface area contributed by atoms with Crippen molar-refractivity contribution in [3.05, 3.63) is 29.8 Å². The average Bonchev–Trinajstić information content (AvgIpc) is 2.74. The first kappa shape index (κ1) is 12.4. The summed E-state index contributed by atoms with van der Waals surface area (Å²) in [5.74, 6) is 0.466. The summed E-state index contributed by atoms with van der Waals surface area (Å²) in [6, 6.07) is 7.40. The molecule has 1 atom stereocenters. The Balaban J connectivity index is 1.78. The Morgan fingerprint density at radius 3 is 2.94 bits per heavy atom. The fraction of sp³-hybridized carbons (Fsp3) is 0.385. The van der Waals surface area contributed by atoms with E-state index in [9.17, 15) is 9.59 Å². The van der Waals surface area contributed by atoms with Crippen molar-refractivity contribution in [2.75, 3.05) is 13.2 Å². The van der Waals surface area contributed by atoms with Gasteiger partial charge in [-0.1, -0.05) is 18.2 Å². The fourth-order valence-electron chi connectivity index (χ4n) is 1.84. The van der Waals surface area contributed by atoms with Crippen molar-refractivity contribution in [2.24, 2.45) is 0 Å². The molecular weight excluding hydrogens is 232 g/mol. The van der Waals surface area contributed by atoms with Crippen LogP contribution >= 0.6 is 0 Å². The van der Waals surface area contributed by atoms with Crippen molar-refractivity contribution < 1.29 is 14.3 Å². The molecule has 1 aromatic rings. The minimum absolute atomic E-state index is 0.0277. The predicted octanol–water partition coefficient (Wildman–Crippen LogP) is 0.379. The molecule has 1 fully saturated rings. The van der Waals surface area contributed by atoms with Crippen LogP contribution in [0.15, 0.2) is 24.3 Å². The van der Waals surface area contributed by atoms with Crippen molar-refractivity contribution in [2.45, 2.75) is 19.4 Å². The molecule has 2 N–H and O–H groups in total. The monoisotopic (exact) mass is 248 g/mol. The molecular formula is C13H16N2O3. The van der Waals surface area contributed by atoms with Crippen LogP contribution in [0.4, 0.5) is 0 Å². The second-order valence-electron chi connectivity index (χ2n) is 4.33. The van der Waals surface area contributed by atoms with Gasteiger partial charge in [-0.05, 0) is 18.6 Å². The molecule has 5 heteroatoms. The molecule has 0 radical (unpaired) electrons. The van der Waals surface area contributed by atoms with E-state index in [1.54, 1.807) is 0 Å². The van der Waals surface area contributed by atoms with E-state index in [1.165, 1.54) is 0 Å². The topological polar surface area (TPSA) is 67.4 Å². The molecule has 2 rings (SSSR count). The lowest BCUT2D eigenvalue weighted by Crippen LogP contribution is -2.39. The van der Waals surface area contributed by atoms with Crippen molar-refractivity contribution in [1.82, 2.24) is 10.6 Å². The van der Waals surface area contributed by atoms with Gasteiger partial charge < -0.3 is 15.4 Å². The number of para-hydroxylation sites is 1. The zero-order valence-electron chi connectivity index (χ0n) is 10.2. The minimum atomic E-state index is -0.209. The zero-order chi connectivity index (χ0) is 13.0. The largest absolute Gasteiger partial charge is 0.484 e. The third kappa shape index (κ3) is 3.23. The summed E-state index contributed by atoms with van der Waals surface area (Å²) in [6.45, 7) is 2.39. The first-order valence-corrected chi connectivity index (χ1v) is 5.89. The highest BCUT2D eigenvalue weighted by Gasteiger charge is 2.22. The smallest absolute Gasteiger partial charge is 0.258 e. The van der Waals surface area contributed by atoms with Gasteiger partial charge in [0.25, 0.3) is 5.91 Å². The lowest BCUT2D eigenvalue weighted by Gasteiger charge is -2.12. The van der Waals surface area contributed by atoms with Crippen molar-refractivity contribution in [1.29, 1.82) is 0 Å². The third-order valence-corrected chi connectivity index (χ3v) is 2.79. The van der Waals surface area contributed by atoms with Crippen LogP contribution in [-0.4, -0.2) is 31.0 Å². The first-order chi connectivity index (χ1) is 8.65.